The lowest BCUT2D eigenvalue weighted by Crippen LogP contribution is -1.94. The molecule has 0 unspecified atom stereocenters. The van der Waals surface area contributed by atoms with Gasteiger partial charge in [-0.2, -0.15) is 0 Å². The van der Waals surface area contributed by atoms with Crippen molar-refractivity contribution in [3.63, 3.8) is 0 Å². The molecule has 0 spiro atoms. The molecule has 186 valence electrons. The molecule has 0 atom stereocenters. The van der Waals surface area contributed by atoms with Crippen molar-refractivity contribution in [2.45, 2.75) is 0 Å². The second-order valence-electron chi connectivity index (χ2n) is 9.87. The second kappa shape index (κ2) is 9.03. The molecule has 5 nitrogen and oxygen atoms in total. The van der Waals surface area contributed by atoms with E-state index in [9.17, 15) is 0 Å². The summed E-state index contributed by atoms with van der Waals surface area (Å²) in [7, 11) is 0. The molecule has 0 aliphatic rings. The highest BCUT2D eigenvalue weighted by atomic mass is 14.8. The Bertz CT molecular complexity index is 2090. The van der Waals surface area contributed by atoms with E-state index in [2.05, 4.69) is 94.9 Å². The van der Waals surface area contributed by atoms with Crippen molar-refractivity contribution < 1.29 is 0 Å². The van der Waals surface area contributed by atoms with E-state index in [1.54, 1.807) is 0 Å². The fraction of sp³-hybridized carbons (Fsp3) is 0. The number of aromatic nitrogens is 5. The van der Waals surface area contributed by atoms with E-state index >= 15 is 0 Å². The molecule has 5 heteroatoms. The van der Waals surface area contributed by atoms with Gasteiger partial charge in [-0.05, 0) is 47.5 Å². The molecule has 40 heavy (non-hydrogen) atoms. The van der Waals surface area contributed by atoms with Crippen LogP contribution in [-0.4, -0.2) is 24.9 Å². The van der Waals surface area contributed by atoms with Crippen molar-refractivity contribution in [2.24, 2.45) is 0 Å². The molecule has 0 fully saturated rings. The van der Waals surface area contributed by atoms with Crippen LogP contribution in [0.2, 0.25) is 0 Å². The molecule has 0 radical (unpaired) electrons. The number of rotatable bonds is 3. The van der Waals surface area contributed by atoms with Crippen LogP contribution in [-0.2, 0) is 0 Å². The highest BCUT2D eigenvalue weighted by molar-refractivity contribution is 6.04. The predicted octanol–water partition coefficient (Wildman–Crippen LogP) is 8.28. The molecule has 0 bridgehead atoms. The molecule has 0 N–H and O–H groups in total. The Labute approximate surface area is 229 Å². The van der Waals surface area contributed by atoms with Gasteiger partial charge in [0.05, 0.1) is 33.5 Å². The van der Waals surface area contributed by atoms with Crippen LogP contribution >= 0.6 is 0 Å². The van der Waals surface area contributed by atoms with Crippen LogP contribution in [0, 0.1) is 0 Å². The van der Waals surface area contributed by atoms with E-state index in [-0.39, 0.29) is 0 Å². The fourth-order valence-corrected chi connectivity index (χ4v) is 5.38. The molecule has 8 aromatic rings. The first kappa shape index (κ1) is 22.4. The predicted molar refractivity (Wildman–Crippen MR) is 162 cm³/mol. The molecule has 8 rings (SSSR count). The Kier molecular flexibility index (Phi) is 5.07. The molecule has 5 heterocycles. The first-order valence-corrected chi connectivity index (χ1v) is 13.2. The molecule has 0 saturated carbocycles. The summed E-state index contributed by atoms with van der Waals surface area (Å²) in [5.41, 5.74) is 9.41. The second-order valence-corrected chi connectivity index (χ2v) is 9.87. The summed E-state index contributed by atoms with van der Waals surface area (Å²) in [5.74, 6) is 0. The summed E-state index contributed by atoms with van der Waals surface area (Å²) < 4.78 is 0. The van der Waals surface area contributed by atoms with Crippen LogP contribution in [0.4, 0.5) is 0 Å². The number of fused-ring (bicyclic) bond motifs is 6. The van der Waals surface area contributed by atoms with Gasteiger partial charge in [-0.1, -0.05) is 66.7 Å². The smallest absolute Gasteiger partial charge is 0.0965 e. The summed E-state index contributed by atoms with van der Waals surface area (Å²) in [6.45, 7) is 0. The SMILES string of the molecule is c1ccc(-c2cc(-c3cnc4c(ccc5cccnc54)c3)nc(-c3cnc4c(ccc5cccnc54)c3)c2)cc1. The summed E-state index contributed by atoms with van der Waals surface area (Å²) in [5, 5.41) is 4.22. The molecule has 0 saturated heterocycles. The fourth-order valence-electron chi connectivity index (χ4n) is 5.38. The Morgan fingerprint density at radius 1 is 0.350 bits per heavy atom. The van der Waals surface area contributed by atoms with Crippen molar-refractivity contribution >= 4 is 43.6 Å². The van der Waals surface area contributed by atoms with E-state index in [0.717, 1.165) is 77.3 Å². The van der Waals surface area contributed by atoms with Crippen LogP contribution in [0.3, 0.4) is 0 Å². The standard InChI is InChI=1S/C35H21N5/c1-2-6-22(7-3-1)27-18-30(28-16-25-12-10-23-8-4-14-36-32(23)34(25)38-20-28)40-31(19-27)29-17-26-13-11-24-9-5-15-37-33(24)35(26)39-21-29/h1-21H. The van der Waals surface area contributed by atoms with Gasteiger partial charge in [0, 0.05) is 57.5 Å². The Hall–Kier alpha value is -5.55. The normalized spacial score (nSPS) is 11.5. The number of hydrogen-bond donors (Lipinski definition) is 0. The number of pyridine rings is 5. The molecular formula is C35H21N5. The largest absolute Gasteiger partial charge is 0.254 e. The van der Waals surface area contributed by atoms with Crippen molar-refractivity contribution in [2.75, 3.05) is 0 Å². The van der Waals surface area contributed by atoms with Gasteiger partial charge in [0.25, 0.3) is 0 Å². The molecular weight excluding hydrogens is 490 g/mol. The number of nitrogens with zero attached hydrogens (tertiary/aromatic N) is 5. The maximum atomic E-state index is 5.13. The van der Waals surface area contributed by atoms with Gasteiger partial charge in [-0.25, -0.2) is 4.98 Å². The summed E-state index contributed by atoms with van der Waals surface area (Å²) in [6.07, 6.45) is 7.41. The summed E-state index contributed by atoms with van der Waals surface area (Å²) >= 11 is 0. The number of hydrogen-bond acceptors (Lipinski definition) is 5. The lowest BCUT2D eigenvalue weighted by molar-refractivity contribution is 1.29. The zero-order chi connectivity index (χ0) is 26.5. The van der Waals surface area contributed by atoms with Crippen LogP contribution < -0.4 is 0 Å². The minimum Gasteiger partial charge on any atom is -0.254 e. The topological polar surface area (TPSA) is 64.5 Å². The van der Waals surface area contributed by atoms with E-state index in [1.807, 2.05) is 43.0 Å². The Morgan fingerprint density at radius 2 is 0.850 bits per heavy atom. The minimum atomic E-state index is 0.854. The van der Waals surface area contributed by atoms with Gasteiger partial charge >= 0.3 is 0 Å². The quantitative estimate of drug-likeness (QED) is 0.223. The van der Waals surface area contributed by atoms with Gasteiger partial charge in [0.15, 0.2) is 0 Å². The third kappa shape index (κ3) is 3.76. The van der Waals surface area contributed by atoms with Crippen LogP contribution in [0.5, 0.6) is 0 Å². The van der Waals surface area contributed by atoms with Gasteiger partial charge in [0.2, 0.25) is 0 Å². The number of benzene rings is 3. The average molecular weight is 512 g/mol. The van der Waals surface area contributed by atoms with Gasteiger partial charge in [0.1, 0.15) is 0 Å². The van der Waals surface area contributed by atoms with Crippen molar-refractivity contribution in [3.8, 4) is 33.6 Å². The van der Waals surface area contributed by atoms with Gasteiger partial charge in [-0.3, -0.25) is 19.9 Å². The van der Waals surface area contributed by atoms with Gasteiger partial charge in [-0.15, -0.1) is 0 Å². The van der Waals surface area contributed by atoms with Gasteiger partial charge < -0.3 is 0 Å². The molecule has 5 aromatic heterocycles. The Morgan fingerprint density at radius 3 is 1.40 bits per heavy atom. The molecule has 0 aliphatic heterocycles. The lowest BCUT2D eigenvalue weighted by atomic mass is 9.99. The van der Waals surface area contributed by atoms with E-state index < -0.39 is 0 Å². The van der Waals surface area contributed by atoms with Crippen molar-refractivity contribution in [3.05, 3.63) is 128 Å². The summed E-state index contributed by atoms with van der Waals surface area (Å²) in [6, 6.07) is 35.3. The first-order chi connectivity index (χ1) is 19.8. The maximum Gasteiger partial charge on any atom is 0.0965 e. The zero-order valence-corrected chi connectivity index (χ0v) is 21.4. The van der Waals surface area contributed by atoms with Crippen molar-refractivity contribution in [1.29, 1.82) is 0 Å². The van der Waals surface area contributed by atoms with Crippen LogP contribution in [0.1, 0.15) is 0 Å². The third-order valence-corrected chi connectivity index (χ3v) is 7.37. The molecule has 3 aromatic carbocycles. The lowest BCUT2D eigenvalue weighted by Gasteiger charge is -2.12. The molecule has 0 amide bonds. The van der Waals surface area contributed by atoms with E-state index in [4.69, 9.17) is 15.0 Å². The Balaban J connectivity index is 1.32. The van der Waals surface area contributed by atoms with Crippen molar-refractivity contribution in [1.82, 2.24) is 24.9 Å². The highest BCUT2D eigenvalue weighted by Crippen LogP contribution is 2.33. The van der Waals surface area contributed by atoms with E-state index in [0.29, 0.717) is 0 Å². The highest BCUT2D eigenvalue weighted by Gasteiger charge is 2.13. The average Bonchev–Trinajstić information content (AvgIpc) is 3.04. The maximum absolute atomic E-state index is 5.13. The minimum absolute atomic E-state index is 0.854. The zero-order valence-electron chi connectivity index (χ0n) is 21.4. The first-order valence-electron chi connectivity index (χ1n) is 13.2. The summed E-state index contributed by atoms with van der Waals surface area (Å²) in [4.78, 5) is 24.0. The van der Waals surface area contributed by atoms with Crippen LogP contribution in [0.15, 0.2) is 128 Å². The monoisotopic (exact) mass is 511 g/mol. The third-order valence-electron chi connectivity index (χ3n) is 7.37. The van der Waals surface area contributed by atoms with E-state index in [1.165, 1.54) is 0 Å². The molecule has 0 aliphatic carbocycles. The van der Waals surface area contributed by atoms with Crippen LogP contribution in [0.25, 0.3) is 77.3 Å².